The van der Waals surface area contributed by atoms with Crippen molar-refractivity contribution in [3.63, 3.8) is 0 Å². The standard InChI is InChI=1S/C23H24N2OS/c26-16-2-13-25-14-10-22(11-15-25)27-21-8-6-18(7-9-21)20-5-4-19-3-1-12-24-23(19)17-20/h1,3-9,12,16-17,22H,2,10-11,13-15H2. The third-order valence-corrected chi connectivity index (χ3v) is 6.54. The summed E-state index contributed by atoms with van der Waals surface area (Å²) in [5.74, 6) is 0. The fourth-order valence-electron chi connectivity index (χ4n) is 3.65. The third-order valence-electron chi connectivity index (χ3n) is 5.19. The summed E-state index contributed by atoms with van der Waals surface area (Å²) in [5, 5.41) is 1.85. The van der Waals surface area contributed by atoms with Crippen LogP contribution in [0, 0.1) is 0 Å². The molecule has 3 aromatic rings. The molecule has 0 atom stereocenters. The maximum atomic E-state index is 10.5. The molecule has 0 saturated carbocycles. The van der Waals surface area contributed by atoms with E-state index in [-0.39, 0.29) is 0 Å². The van der Waals surface area contributed by atoms with E-state index in [1.54, 1.807) is 0 Å². The lowest BCUT2D eigenvalue weighted by Gasteiger charge is -2.31. The van der Waals surface area contributed by atoms with E-state index < -0.39 is 0 Å². The molecular weight excluding hydrogens is 352 g/mol. The number of rotatable bonds is 6. The van der Waals surface area contributed by atoms with Crippen LogP contribution in [-0.2, 0) is 4.79 Å². The van der Waals surface area contributed by atoms with Gasteiger partial charge in [0.05, 0.1) is 5.52 Å². The largest absolute Gasteiger partial charge is 0.303 e. The van der Waals surface area contributed by atoms with Crippen LogP contribution in [0.25, 0.3) is 22.0 Å². The van der Waals surface area contributed by atoms with Crippen molar-refractivity contribution in [1.29, 1.82) is 0 Å². The smallest absolute Gasteiger partial charge is 0.121 e. The molecule has 0 unspecified atom stereocenters. The van der Waals surface area contributed by atoms with Crippen molar-refractivity contribution >= 4 is 29.0 Å². The minimum atomic E-state index is 0.656. The van der Waals surface area contributed by atoms with E-state index in [4.69, 9.17) is 0 Å². The van der Waals surface area contributed by atoms with Gasteiger partial charge in [0.25, 0.3) is 0 Å². The second-order valence-corrected chi connectivity index (χ2v) is 8.42. The average molecular weight is 377 g/mol. The minimum Gasteiger partial charge on any atom is -0.303 e. The van der Waals surface area contributed by atoms with Gasteiger partial charge in [-0.05, 0) is 61.3 Å². The summed E-state index contributed by atoms with van der Waals surface area (Å²) in [6, 6.07) is 19.4. The third kappa shape index (κ3) is 4.57. The summed E-state index contributed by atoms with van der Waals surface area (Å²) >= 11 is 1.99. The summed E-state index contributed by atoms with van der Waals surface area (Å²) < 4.78 is 0. The number of fused-ring (bicyclic) bond motifs is 1. The van der Waals surface area contributed by atoms with Gasteiger partial charge in [0.15, 0.2) is 0 Å². The summed E-state index contributed by atoms with van der Waals surface area (Å²) in [6.45, 7) is 3.12. The second kappa shape index (κ2) is 8.68. The van der Waals surface area contributed by atoms with Crippen LogP contribution in [0.1, 0.15) is 19.3 Å². The SMILES string of the molecule is O=CCCN1CCC(Sc2ccc(-c3ccc4cccnc4c3)cc2)CC1. The van der Waals surface area contributed by atoms with Gasteiger partial charge in [0.1, 0.15) is 6.29 Å². The van der Waals surface area contributed by atoms with Gasteiger partial charge in [-0.3, -0.25) is 4.98 Å². The van der Waals surface area contributed by atoms with Crippen LogP contribution in [-0.4, -0.2) is 41.1 Å². The van der Waals surface area contributed by atoms with Gasteiger partial charge in [-0.15, -0.1) is 11.8 Å². The number of pyridine rings is 1. The zero-order chi connectivity index (χ0) is 18.5. The number of likely N-dealkylation sites (tertiary alicyclic amines) is 1. The maximum absolute atomic E-state index is 10.5. The predicted molar refractivity (Wildman–Crippen MR) is 113 cm³/mol. The molecule has 4 heteroatoms. The summed E-state index contributed by atoms with van der Waals surface area (Å²) in [7, 11) is 0. The van der Waals surface area contributed by atoms with Crippen LogP contribution in [0.5, 0.6) is 0 Å². The molecule has 1 aliphatic heterocycles. The van der Waals surface area contributed by atoms with Crippen molar-refractivity contribution in [3.8, 4) is 11.1 Å². The van der Waals surface area contributed by atoms with Gasteiger partial charge in [0.2, 0.25) is 0 Å². The minimum absolute atomic E-state index is 0.656. The zero-order valence-electron chi connectivity index (χ0n) is 15.4. The number of aromatic nitrogens is 1. The molecule has 0 N–H and O–H groups in total. The normalized spacial score (nSPS) is 15.9. The van der Waals surface area contributed by atoms with Crippen LogP contribution < -0.4 is 0 Å². The number of benzene rings is 2. The lowest BCUT2D eigenvalue weighted by Crippen LogP contribution is -2.35. The molecule has 0 bridgehead atoms. The van der Waals surface area contributed by atoms with E-state index in [0.717, 1.165) is 31.4 Å². The highest BCUT2D eigenvalue weighted by Crippen LogP contribution is 2.32. The molecule has 2 aromatic carbocycles. The van der Waals surface area contributed by atoms with Crippen LogP contribution in [0.2, 0.25) is 0 Å². The number of aldehydes is 1. The lowest BCUT2D eigenvalue weighted by molar-refractivity contribution is -0.108. The monoisotopic (exact) mass is 376 g/mol. The van der Waals surface area contributed by atoms with Gasteiger partial charge >= 0.3 is 0 Å². The highest BCUT2D eigenvalue weighted by Gasteiger charge is 2.19. The number of piperidine rings is 1. The van der Waals surface area contributed by atoms with E-state index in [0.29, 0.717) is 11.7 Å². The summed E-state index contributed by atoms with van der Waals surface area (Å²) in [6.07, 6.45) is 5.91. The fourth-order valence-corrected chi connectivity index (χ4v) is 4.78. The molecular formula is C23H24N2OS. The van der Waals surface area contributed by atoms with Crippen molar-refractivity contribution < 1.29 is 4.79 Å². The number of nitrogens with zero attached hydrogens (tertiary/aromatic N) is 2. The summed E-state index contributed by atoms with van der Waals surface area (Å²) in [5.41, 5.74) is 3.48. The van der Waals surface area contributed by atoms with Crippen LogP contribution in [0.4, 0.5) is 0 Å². The van der Waals surface area contributed by atoms with Gasteiger partial charge in [0, 0.05) is 34.7 Å². The Balaban J connectivity index is 1.38. The molecule has 4 rings (SSSR count). The lowest BCUT2D eigenvalue weighted by atomic mass is 10.0. The van der Waals surface area contributed by atoms with Gasteiger partial charge in [-0.1, -0.05) is 30.3 Å². The van der Waals surface area contributed by atoms with E-state index in [2.05, 4.69) is 58.4 Å². The van der Waals surface area contributed by atoms with Gasteiger partial charge in [-0.25, -0.2) is 0 Å². The second-order valence-electron chi connectivity index (χ2n) is 7.05. The number of carbonyl (C=O) groups is 1. The zero-order valence-corrected chi connectivity index (χ0v) is 16.2. The highest BCUT2D eigenvalue weighted by atomic mass is 32.2. The number of hydrogen-bond acceptors (Lipinski definition) is 4. The van der Waals surface area contributed by atoms with Gasteiger partial charge < -0.3 is 9.69 Å². The Hall–Kier alpha value is -2.17. The van der Waals surface area contributed by atoms with E-state index in [1.807, 2.05) is 24.0 Å². The Labute approximate surface area is 164 Å². The van der Waals surface area contributed by atoms with Crippen LogP contribution in [0.3, 0.4) is 0 Å². The van der Waals surface area contributed by atoms with Crippen molar-refractivity contribution in [2.75, 3.05) is 19.6 Å². The van der Waals surface area contributed by atoms with E-state index >= 15 is 0 Å². The Bertz CT molecular complexity index is 902. The van der Waals surface area contributed by atoms with Crippen molar-refractivity contribution in [1.82, 2.24) is 9.88 Å². The van der Waals surface area contributed by atoms with E-state index in [9.17, 15) is 4.79 Å². The molecule has 1 aliphatic rings. The Morgan fingerprint density at radius 2 is 1.81 bits per heavy atom. The van der Waals surface area contributed by atoms with Crippen molar-refractivity contribution in [2.24, 2.45) is 0 Å². The number of thioether (sulfide) groups is 1. The first kappa shape index (κ1) is 18.2. The first-order chi connectivity index (χ1) is 13.3. The van der Waals surface area contributed by atoms with Crippen molar-refractivity contribution in [3.05, 3.63) is 60.8 Å². The van der Waals surface area contributed by atoms with Gasteiger partial charge in [-0.2, -0.15) is 0 Å². The molecule has 0 amide bonds. The van der Waals surface area contributed by atoms with Crippen LogP contribution in [0.15, 0.2) is 65.7 Å². The summed E-state index contributed by atoms with van der Waals surface area (Å²) in [4.78, 5) is 18.7. The van der Waals surface area contributed by atoms with E-state index in [1.165, 1.54) is 34.3 Å². The van der Waals surface area contributed by atoms with Crippen molar-refractivity contribution in [2.45, 2.75) is 29.4 Å². The quantitative estimate of drug-likeness (QED) is 0.564. The van der Waals surface area contributed by atoms with Crippen LogP contribution >= 0.6 is 11.8 Å². The molecule has 0 radical (unpaired) electrons. The number of carbonyl (C=O) groups excluding carboxylic acids is 1. The molecule has 138 valence electrons. The molecule has 27 heavy (non-hydrogen) atoms. The average Bonchev–Trinajstić information content (AvgIpc) is 2.73. The molecule has 0 aliphatic carbocycles. The molecule has 1 aromatic heterocycles. The fraction of sp³-hybridized carbons (Fsp3) is 0.304. The first-order valence-corrected chi connectivity index (χ1v) is 10.5. The molecule has 2 heterocycles. The Morgan fingerprint density at radius 3 is 2.59 bits per heavy atom. The Kier molecular flexibility index (Phi) is 5.85. The molecule has 3 nitrogen and oxygen atoms in total. The maximum Gasteiger partial charge on any atom is 0.121 e. The molecule has 1 saturated heterocycles. The predicted octanol–water partition coefficient (Wildman–Crippen LogP) is 5.05. The first-order valence-electron chi connectivity index (χ1n) is 9.60. The Morgan fingerprint density at radius 1 is 1.04 bits per heavy atom. The molecule has 1 fully saturated rings. The highest BCUT2D eigenvalue weighted by molar-refractivity contribution is 8.00. The molecule has 0 spiro atoms. The topological polar surface area (TPSA) is 33.2 Å². The number of hydrogen-bond donors (Lipinski definition) is 0.